The van der Waals surface area contributed by atoms with Crippen molar-refractivity contribution in [2.45, 2.75) is 12.8 Å². The van der Waals surface area contributed by atoms with E-state index in [9.17, 15) is 19.5 Å². The number of methoxy groups -OCH3 is 2. The van der Waals surface area contributed by atoms with E-state index in [-0.39, 0.29) is 52.8 Å². The molecule has 2 rings (SSSR count). The molecule has 1 aromatic carbocycles. The Labute approximate surface area is 164 Å². The van der Waals surface area contributed by atoms with Crippen molar-refractivity contribution in [3.8, 4) is 11.5 Å². The number of amides is 1. The van der Waals surface area contributed by atoms with Crippen molar-refractivity contribution < 1.29 is 34.1 Å². The van der Waals surface area contributed by atoms with Crippen LogP contribution in [0, 0.1) is 0 Å². The van der Waals surface area contributed by atoms with Crippen LogP contribution in [0.25, 0.3) is 6.08 Å². The topological polar surface area (TPSA) is 113 Å². The molecule has 1 aromatic rings. The summed E-state index contributed by atoms with van der Waals surface area (Å²) in [6.07, 6.45) is 1.63. The number of hydrogen-bond acceptors (Lipinski definition) is 7. The molecule has 0 radical (unpaired) electrons. The number of carboxylic acids is 2. The van der Waals surface area contributed by atoms with E-state index in [1.807, 2.05) is 0 Å². The van der Waals surface area contributed by atoms with Gasteiger partial charge in [-0.05, 0) is 24.1 Å². The summed E-state index contributed by atoms with van der Waals surface area (Å²) < 4.78 is 10.6. The minimum Gasteiger partial charge on any atom is -0.493 e. The molecule has 144 valence electrons. The third-order valence-corrected chi connectivity index (χ3v) is 5.10. The summed E-state index contributed by atoms with van der Waals surface area (Å²) >= 11 is 6.22. The van der Waals surface area contributed by atoms with Crippen LogP contribution in [0.3, 0.4) is 0 Å². The van der Waals surface area contributed by atoms with Gasteiger partial charge in [0.05, 0.1) is 19.1 Å². The number of carbonyl (C=O) groups is 3. The van der Waals surface area contributed by atoms with Crippen LogP contribution in [0.2, 0.25) is 0 Å². The van der Waals surface area contributed by atoms with Crippen LogP contribution in [-0.4, -0.2) is 58.0 Å². The van der Waals surface area contributed by atoms with E-state index >= 15 is 0 Å². The number of aromatic carboxylic acids is 1. The molecular weight excluding hydrogens is 394 g/mol. The number of rotatable bonds is 8. The monoisotopic (exact) mass is 411 g/mol. The molecule has 0 saturated carbocycles. The number of hydrogen-bond donors (Lipinski definition) is 2. The zero-order valence-corrected chi connectivity index (χ0v) is 16.2. The van der Waals surface area contributed by atoms with Gasteiger partial charge in [-0.25, -0.2) is 4.79 Å². The molecule has 0 atom stereocenters. The van der Waals surface area contributed by atoms with E-state index in [1.54, 1.807) is 6.07 Å². The molecule has 0 unspecified atom stereocenters. The molecule has 2 N–H and O–H groups in total. The second kappa shape index (κ2) is 8.87. The lowest BCUT2D eigenvalue weighted by Crippen LogP contribution is -2.29. The fourth-order valence-electron chi connectivity index (χ4n) is 2.51. The Morgan fingerprint density at radius 2 is 1.96 bits per heavy atom. The molecule has 0 spiro atoms. The Hall–Kier alpha value is -2.59. The van der Waals surface area contributed by atoms with Gasteiger partial charge in [0.2, 0.25) is 0 Å². The molecule has 27 heavy (non-hydrogen) atoms. The summed E-state index contributed by atoms with van der Waals surface area (Å²) in [6, 6.07) is 3.06. The Kier molecular flexibility index (Phi) is 6.81. The predicted octanol–water partition coefficient (Wildman–Crippen LogP) is 2.47. The van der Waals surface area contributed by atoms with Gasteiger partial charge >= 0.3 is 11.9 Å². The Balaban J connectivity index is 2.36. The SMILES string of the molecule is COc1ccc(/C=C2\SC(=S)N(CCCC(=O)O)C2=O)c(C(=O)O)c1OC. The maximum absolute atomic E-state index is 12.6. The molecular formula is C17H17NO7S2. The molecule has 1 amide bonds. The largest absolute Gasteiger partial charge is 0.493 e. The molecule has 0 bridgehead atoms. The van der Waals surface area contributed by atoms with Crippen LogP contribution < -0.4 is 9.47 Å². The van der Waals surface area contributed by atoms with E-state index in [4.69, 9.17) is 26.8 Å². The van der Waals surface area contributed by atoms with Crippen LogP contribution >= 0.6 is 24.0 Å². The molecule has 1 aliphatic heterocycles. The highest BCUT2D eigenvalue weighted by molar-refractivity contribution is 8.26. The van der Waals surface area contributed by atoms with Gasteiger partial charge in [-0.2, -0.15) is 0 Å². The van der Waals surface area contributed by atoms with Gasteiger partial charge in [0.25, 0.3) is 5.91 Å². The first kappa shape index (κ1) is 20.7. The zero-order chi connectivity index (χ0) is 20.1. The first-order chi connectivity index (χ1) is 12.8. The van der Waals surface area contributed by atoms with Crippen LogP contribution in [0.4, 0.5) is 0 Å². The van der Waals surface area contributed by atoms with Gasteiger partial charge in [-0.3, -0.25) is 14.5 Å². The van der Waals surface area contributed by atoms with Crippen molar-refractivity contribution in [2.75, 3.05) is 20.8 Å². The molecule has 1 fully saturated rings. The number of ether oxygens (including phenoxy) is 2. The number of thiocarbonyl (C=S) groups is 1. The van der Waals surface area contributed by atoms with Crippen molar-refractivity contribution in [3.63, 3.8) is 0 Å². The summed E-state index contributed by atoms with van der Waals surface area (Å²) in [7, 11) is 2.72. The smallest absolute Gasteiger partial charge is 0.340 e. The van der Waals surface area contributed by atoms with Crippen LogP contribution in [-0.2, 0) is 9.59 Å². The number of benzene rings is 1. The first-order valence-corrected chi connectivity index (χ1v) is 8.98. The Morgan fingerprint density at radius 1 is 1.26 bits per heavy atom. The van der Waals surface area contributed by atoms with Crippen molar-refractivity contribution in [2.24, 2.45) is 0 Å². The van der Waals surface area contributed by atoms with Gasteiger partial charge < -0.3 is 19.7 Å². The van der Waals surface area contributed by atoms with Crippen molar-refractivity contribution >= 4 is 52.2 Å². The highest BCUT2D eigenvalue weighted by atomic mass is 32.2. The van der Waals surface area contributed by atoms with Crippen LogP contribution in [0.1, 0.15) is 28.8 Å². The van der Waals surface area contributed by atoms with E-state index in [0.29, 0.717) is 4.32 Å². The number of nitrogens with zero attached hydrogens (tertiary/aromatic N) is 1. The third-order valence-electron chi connectivity index (χ3n) is 3.72. The minimum absolute atomic E-state index is 0.0516. The molecule has 0 aromatic heterocycles. The lowest BCUT2D eigenvalue weighted by atomic mass is 10.0. The summed E-state index contributed by atoms with van der Waals surface area (Å²) in [4.78, 5) is 36.5. The van der Waals surface area contributed by atoms with Gasteiger partial charge in [0.15, 0.2) is 11.5 Å². The molecule has 1 aliphatic rings. The quantitative estimate of drug-likeness (QED) is 0.492. The van der Waals surface area contributed by atoms with E-state index in [2.05, 4.69) is 0 Å². The minimum atomic E-state index is -1.23. The van der Waals surface area contributed by atoms with E-state index < -0.39 is 11.9 Å². The number of thioether (sulfide) groups is 1. The van der Waals surface area contributed by atoms with E-state index in [1.165, 1.54) is 31.3 Å². The number of carboxylic acid groups (broad SMARTS) is 2. The highest BCUT2D eigenvalue weighted by Gasteiger charge is 2.32. The molecule has 8 nitrogen and oxygen atoms in total. The van der Waals surface area contributed by atoms with Crippen LogP contribution in [0.15, 0.2) is 17.0 Å². The summed E-state index contributed by atoms with van der Waals surface area (Å²) in [6.45, 7) is 0.187. The average molecular weight is 411 g/mol. The lowest BCUT2D eigenvalue weighted by Gasteiger charge is -2.13. The maximum Gasteiger partial charge on any atom is 0.340 e. The molecule has 1 saturated heterocycles. The second-order valence-corrected chi connectivity index (χ2v) is 7.08. The summed E-state index contributed by atoms with van der Waals surface area (Å²) in [5, 5.41) is 18.3. The second-order valence-electron chi connectivity index (χ2n) is 5.40. The number of carbonyl (C=O) groups excluding carboxylic acids is 1. The lowest BCUT2D eigenvalue weighted by molar-refractivity contribution is -0.137. The van der Waals surface area contributed by atoms with Crippen molar-refractivity contribution in [1.82, 2.24) is 4.90 Å². The van der Waals surface area contributed by atoms with Gasteiger partial charge in [-0.1, -0.05) is 30.0 Å². The van der Waals surface area contributed by atoms with Crippen molar-refractivity contribution in [3.05, 3.63) is 28.2 Å². The van der Waals surface area contributed by atoms with Gasteiger partial charge in [0.1, 0.15) is 9.88 Å². The highest BCUT2D eigenvalue weighted by Crippen LogP contribution is 2.37. The van der Waals surface area contributed by atoms with Gasteiger partial charge in [-0.15, -0.1) is 0 Å². The Bertz CT molecular complexity index is 835. The average Bonchev–Trinajstić information content (AvgIpc) is 2.87. The summed E-state index contributed by atoms with van der Waals surface area (Å²) in [5.41, 5.74) is 0.138. The summed E-state index contributed by atoms with van der Waals surface area (Å²) in [5.74, 6) is -2.26. The van der Waals surface area contributed by atoms with E-state index in [0.717, 1.165) is 11.8 Å². The molecule has 0 aliphatic carbocycles. The standard InChI is InChI=1S/C17H17NO7S2/c1-24-10-6-5-9(13(16(22)23)14(10)25-2)8-11-15(21)18(17(26)27-11)7-3-4-12(19)20/h5-6,8H,3-4,7H2,1-2H3,(H,19,20)(H,22,23)/b11-8-. The molecule has 1 heterocycles. The predicted molar refractivity (Wildman–Crippen MR) is 103 cm³/mol. The van der Waals surface area contributed by atoms with Crippen molar-refractivity contribution in [1.29, 1.82) is 0 Å². The number of aliphatic carboxylic acids is 1. The normalized spacial score (nSPS) is 15.3. The third kappa shape index (κ3) is 4.58. The van der Waals surface area contributed by atoms with Crippen LogP contribution in [0.5, 0.6) is 11.5 Å². The van der Waals surface area contributed by atoms with Gasteiger partial charge in [0, 0.05) is 13.0 Å². The Morgan fingerprint density at radius 3 is 2.52 bits per heavy atom. The molecule has 10 heteroatoms. The first-order valence-electron chi connectivity index (χ1n) is 7.75. The zero-order valence-electron chi connectivity index (χ0n) is 14.6. The fraction of sp³-hybridized carbons (Fsp3) is 0.294. The maximum atomic E-state index is 12.6. The fourth-order valence-corrected chi connectivity index (χ4v) is 3.80.